The first kappa shape index (κ1) is 20.8. The number of hydrogen-bond donors (Lipinski definition) is 2. The number of aromatic nitrogens is 2. The average molecular weight is 437 g/mol. The minimum absolute atomic E-state index is 0.0667. The number of nitrogens with zero attached hydrogens (tertiary/aromatic N) is 1. The molecule has 2 aromatic heterocycles. The number of nitrogens with one attached hydrogen (secondary N) is 2. The number of benzene rings is 2. The summed E-state index contributed by atoms with van der Waals surface area (Å²) < 4.78 is 0. The third-order valence-corrected chi connectivity index (χ3v) is 6.00. The predicted octanol–water partition coefficient (Wildman–Crippen LogP) is 5.00. The van der Waals surface area contributed by atoms with E-state index in [1.807, 2.05) is 62.4 Å². The van der Waals surface area contributed by atoms with Gasteiger partial charge in [0.1, 0.15) is 11.4 Å². The molecule has 5 rings (SSSR count). The summed E-state index contributed by atoms with van der Waals surface area (Å²) in [5, 5.41) is 4.93. The van der Waals surface area contributed by atoms with Crippen molar-refractivity contribution in [2.45, 2.75) is 26.7 Å². The normalized spacial score (nSPS) is 14.7. The fourth-order valence-corrected chi connectivity index (χ4v) is 4.39. The minimum atomic E-state index is -0.597. The number of rotatable bonds is 3. The van der Waals surface area contributed by atoms with Gasteiger partial charge in [-0.15, -0.1) is 0 Å². The van der Waals surface area contributed by atoms with Crippen molar-refractivity contribution in [3.05, 3.63) is 93.9 Å². The van der Waals surface area contributed by atoms with E-state index < -0.39 is 11.5 Å². The van der Waals surface area contributed by atoms with E-state index in [0.717, 1.165) is 16.3 Å². The largest absolute Gasteiger partial charge is 0.325 e. The van der Waals surface area contributed by atoms with Crippen LogP contribution in [-0.4, -0.2) is 21.7 Å². The third-order valence-electron chi connectivity index (χ3n) is 6.00. The van der Waals surface area contributed by atoms with E-state index in [9.17, 15) is 14.4 Å². The van der Waals surface area contributed by atoms with Crippen LogP contribution in [0.4, 0.5) is 5.82 Å². The van der Waals surface area contributed by atoms with Crippen molar-refractivity contribution >= 4 is 28.3 Å². The fourth-order valence-electron chi connectivity index (χ4n) is 4.39. The number of carbonyl (C=O) groups is 2. The van der Waals surface area contributed by atoms with E-state index >= 15 is 0 Å². The number of fused-ring (bicyclic) bond motifs is 2. The number of aromatic amines is 1. The second kappa shape index (κ2) is 7.81. The van der Waals surface area contributed by atoms with E-state index in [-0.39, 0.29) is 16.8 Å². The molecular formula is C27H23N3O3. The Labute approximate surface area is 190 Å². The number of H-pyrrole nitrogens is 1. The van der Waals surface area contributed by atoms with Gasteiger partial charge < -0.3 is 10.3 Å². The Bertz CT molecular complexity index is 1480. The van der Waals surface area contributed by atoms with Gasteiger partial charge in [0.2, 0.25) is 0 Å². The topological polar surface area (TPSA) is 91.9 Å². The molecule has 4 aromatic rings. The van der Waals surface area contributed by atoms with Crippen molar-refractivity contribution in [2.75, 3.05) is 5.32 Å². The molecule has 6 nitrogen and oxygen atoms in total. The number of carbonyl (C=O) groups excluding carboxylic acids is 2. The number of anilines is 1. The molecule has 0 aliphatic heterocycles. The zero-order chi connectivity index (χ0) is 23.2. The fraction of sp³-hybridized carbons (Fsp3) is 0.185. The molecule has 2 heterocycles. The number of hydrogen-bond acceptors (Lipinski definition) is 4. The SMILES string of the molecule is CC1(C)CC(=O)c2cc(C(=O)Nc3cccc(-c4ccc5ccccc5c4)n3)c(=O)[nH]c2C1. The summed E-state index contributed by atoms with van der Waals surface area (Å²) in [5.74, 6) is -0.335. The number of ketones is 1. The quantitative estimate of drug-likeness (QED) is 0.472. The molecule has 1 aliphatic rings. The van der Waals surface area contributed by atoms with Gasteiger partial charge in [0.25, 0.3) is 11.5 Å². The van der Waals surface area contributed by atoms with Gasteiger partial charge in [0, 0.05) is 23.2 Å². The molecule has 0 saturated carbocycles. The van der Waals surface area contributed by atoms with E-state index in [0.29, 0.717) is 35.6 Å². The van der Waals surface area contributed by atoms with Gasteiger partial charge in [0.15, 0.2) is 5.78 Å². The second-order valence-electron chi connectivity index (χ2n) is 9.27. The zero-order valence-electron chi connectivity index (χ0n) is 18.4. The van der Waals surface area contributed by atoms with Crippen LogP contribution in [-0.2, 0) is 6.42 Å². The van der Waals surface area contributed by atoms with Gasteiger partial charge in [0.05, 0.1) is 5.69 Å². The molecule has 0 fully saturated rings. The Balaban J connectivity index is 1.43. The van der Waals surface area contributed by atoms with Crippen molar-refractivity contribution in [1.82, 2.24) is 9.97 Å². The number of Topliss-reactive ketones (excluding diaryl/α,β-unsaturated/α-hetero) is 1. The maximum Gasteiger partial charge on any atom is 0.262 e. The van der Waals surface area contributed by atoms with Crippen LogP contribution in [0.1, 0.15) is 46.7 Å². The van der Waals surface area contributed by atoms with Gasteiger partial charge >= 0.3 is 0 Å². The molecule has 0 spiro atoms. The average Bonchev–Trinajstić information content (AvgIpc) is 2.77. The van der Waals surface area contributed by atoms with Crippen molar-refractivity contribution in [1.29, 1.82) is 0 Å². The van der Waals surface area contributed by atoms with Gasteiger partial charge in [-0.2, -0.15) is 0 Å². The maximum absolute atomic E-state index is 12.9. The Hall–Kier alpha value is -4.06. The lowest BCUT2D eigenvalue weighted by molar-refractivity contribution is 0.0910. The minimum Gasteiger partial charge on any atom is -0.325 e. The Morgan fingerprint density at radius 3 is 2.55 bits per heavy atom. The van der Waals surface area contributed by atoms with Crippen molar-refractivity contribution in [3.63, 3.8) is 0 Å². The lowest BCUT2D eigenvalue weighted by Crippen LogP contribution is -2.32. The Morgan fingerprint density at radius 2 is 1.73 bits per heavy atom. The lowest BCUT2D eigenvalue weighted by Gasteiger charge is -2.29. The molecule has 1 aliphatic carbocycles. The first-order chi connectivity index (χ1) is 15.8. The van der Waals surface area contributed by atoms with Crippen LogP contribution in [0.2, 0.25) is 0 Å². The van der Waals surface area contributed by atoms with Gasteiger partial charge in [-0.1, -0.05) is 56.3 Å². The second-order valence-corrected chi connectivity index (χ2v) is 9.27. The monoisotopic (exact) mass is 437 g/mol. The zero-order valence-corrected chi connectivity index (χ0v) is 18.4. The molecule has 164 valence electrons. The van der Waals surface area contributed by atoms with Crippen molar-refractivity contribution in [2.24, 2.45) is 5.41 Å². The van der Waals surface area contributed by atoms with E-state index in [1.54, 1.807) is 12.1 Å². The highest BCUT2D eigenvalue weighted by Crippen LogP contribution is 2.33. The number of pyridine rings is 2. The summed E-state index contributed by atoms with van der Waals surface area (Å²) in [5.41, 5.74) is 1.80. The van der Waals surface area contributed by atoms with Crippen molar-refractivity contribution in [3.8, 4) is 11.3 Å². The lowest BCUT2D eigenvalue weighted by atomic mass is 9.75. The summed E-state index contributed by atoms with van der Waals surface area (Å²) >= 11 is 0. The molecule has 6 heteroatoms. The molecule has 0 atom stereocenters. The van der Waals surface area contributed by atoms with Crippen LogP contribution in [0.25, 0.3) is 22.0 Å². The summed E-state index contributed by atoms with van der Waals surface area (Å²) in [4.78, 5) is 45.4. The van der Waals surface area contributed by atoms with Crippen LogP contribution >= 0.6 is 0 Å². The van der Waals surface area contributed by atoms with Gasteiger partial charge in [-0.05, 0) is 46.9 Å². The molecule has 0 radical (unpaired) electrons. The molecule has 2 aromatic carbocycles. The summed E-state index contributed by atoms with van der Waals surface area (Å²) in [7, 11) is 0. The van der Waals surface area contributed by atoms with E-state index in [2.05, 4.69) is 15.3 Å². The maximum atomic E-state index is 12.9. The predicted molar refractivity (Wildman–Crippen MR) is 129 cm³/mol. The first-order valence-electron chi connectivity index (χ1n) is 10.9. The van der Waals surface area contributed by atoms with E-state index in [4.69, 9.17) is 0 Å². The number of amides is 1. The molecular weight excluding hydrogens is 414 g/mol. The van der Waals surface area contributed by atoms with Crippen LogP contribution in [0.15, 0.2) is 71.5 Å². The first-order valence-corrected chi connectivity index (χ1v) is 10.9. The molecule has 0 bridgehead atoms. The molecule has 0 unspecified atom stereocenters. The Kier molecular flexibility index (Phi) is 4.93. The van der Waals surface area contributed by atoms with Gasteiger partial charge in [-0.3, -0.25) is 14.4 Å². The smallest absolute Gasteiger partial charge is 0.262 e. The van der Waals surface area contributed by atoms with Gasteiger partial charge in [-0.25, -0.2) is 4.98 Å². The van der Waals surface area contributed by atoms with Crippen molar-refractivity contribution < 1.29 is 9.59 Å². The van der Waals surface area contributed by atoms with Crippen LogP contribution < -0.4 is 10.9 Å². The standard InChI is InChI=1S/C27H23N3O3/c1-27(2)14-22-19(23(31)15-27)13-20(25(32)29-22)26(33)30-24-9-5-8-21(28-24)18-11-10-16-6-3-4-7-17(16)12-18/h3-13H,14-15H2,1-2H3,(H,29,32)(H,28,30,33). The molecule has 33 heavy (non-hydrogen) atoms. The Morgan fingerprint density at radius 1 is 0.939 bits per heavy atom. The molecule has 2 N–H and O–H groups in total. The van der Waals surface area contributed by atoms with E-state index in [1.165, 1.54) is 6.07 Å². The highest BCUT2D eigenvalue weighted by molar-refractivity contribution is 6.06. The summed E-state index contributed by atoms with van der Waals surface area (Å²) in [6.07, 6.45) is 0.961. The molecule has 1 amide bonds. The highest BCUT2D eigenvalue weighted by Gasteiger charge is 2.32. The summed E-state index contributed by atoms with van der Waals surface area (Å²) in [6, 6.07) is 20.9. The highest BCUT2D eigenvalue weighted by atomic mass is 16.2. The van der Waals surface area contributed by atoms with Crippen LogP contribution in [0.3, 0.4) is 0 Å². The van der Waals surface area contributed by atoms with Crippen LogP contribution in [0.5, 0.6) is 0 Å². The third kappa shape index (κ3) is 4.07. The van der Waals surface area contributed by atoms with Crippen LogP contribution in [0, 0.1) is 5.41 Å². The summed E-state index contributed by atoms with van der Waals surface area (Å²) in [6.45, 7) is 3.97. The molecule has 0 saturated heterocycles.